The second-order valence-electron chi connectivity index (χ2n) is 6.26. The molecule has 12 heteroatoms. The van der Waals surface area contributed by atoms with Crippen LogP contribution in [0.5, 0.6) is 0 Å². The van der Waals surface area contributed by atoms with Crippen LogP contribution in [0.2, 0.25) is 0 Å². The van der Waals surface area contributed by atoms with E-state index in [-0.39, 0.29) is 12.3 Å². The van der Waals surface area contributed by atoms with Gasteiger partial charge in [0.25, 0.3) is 11.7 Å². The Labute approximate surface area is 187 Å². The lowest BCUT2D eigenvalue weighted by Crippen LogP contribution is -2.27. The summed E-state index contributed by atoms with van der Waals surface area (Å²) >= 11 is 1.23. The molecule has 0 saturated heterocycles. The molecular formula is C20H20N6O5S. The first-order chi connectivity index (χ1) is 15.3. The number of nitro benzene ring substituents is 1. The number of aliphatic hydroxyl groups excluding tert-OH is 1. The number of carbonyl (C=O) groups is 1. The van der Waals surface area contributed by atoms with E-state index in [4.69, 9.17) is 20.3 Å². The molecule has 3 rings (SSSR count). The maximum Gasteiger partial charge on any atom is 0.300 e. The molecule has 0 amide bonds. The number of nitrogens with zero attached hydrogens (tertiary/aromatic N) is 6. The summed E-state index contributed by atoms with van der Waals surface area (Å²) in [5.41, 5.74) is 2.16. The number of aromatic nitrogens is 1. The number of thiazole rings is 1. The molecule has 0 radical (unpaired) electrons. The number of hydrogen-bond acceptors (Lipinski definition) is 10. The van der Waals surface area contributed by atoms with Crippen LogP contribution in [0.15, 0.2) is 52.7 Å². The summed E-state index contributed by atoms with van der Waals surface area (Å²) in [7, 11) is 0. The highest BCUT2D eigenvalue weighted by molar-refractivity contribution is 7.21. The van der Waals surface area contributed by atoms with E-state index in [1.165, 1.54) is 23.5 Å². The second-order valence-corrected chi connectivity index (χ2v) is 7.27. The number of nitriles is 1. The zero-order chi connectivity index (χ0) is 23.5. The van der Waals surface area contributed by atoms with Crippen molar-refractivity contribution in [3.63, 3.8) is 0 Å². The number of carboxylic acid groups (broad SMARTS) is 1. The molecule has 3 aromatic rings. The van der Waals surface area contributed by atoms with Crippen molar-refractivity contribution in [2.45, 2.75) is 13.3 Å². The lowest BCUT2D eigenvalue weighted by molar-refractivity contribution is -0.384. The summed E-state index contributed by atoms with van der Waals surface area (Å²) in [6, 6.07) is 13.8. The minimum atomic E-state index is -0.833. The third-order valence-corrected chi connectivity index (χ3v) is 4.80. The highest BCUT2D eigenvalue weighted by atomic mass is 32.1. The van der Waals surface area contributed by atoms with Crippen molar-refractivity contribution in [1.82, 2.24) is 4.98 Å². The molecule has 0 aliphatic rings. The standard InChI is InChI=1S/C18H16N6O3S.C2H4O2/c19-8-1-9-23(10-11-25)14-4-2-13(3-5-14)21-22-18-20-16-7-6-15(24(26)27)12-17(16)28-18;1-2(3)4/h2-7,12,25H,1,9-11H2;1H3,(H,3,4). The van der Waals surface area contributed by atoms with E-state index in [2.05, 4.69) is 21.3 Å². The number of carboxylic acids is 1. The highest BCUT2D eigenvalue weighted by Crippen LogP contribution is 2.32. The topological polar surface area (TPSA) is 165 Å². The first kappa shape index (κ1) is 24.3. The van der Waals surface area contributed by atoms with Gasteiger partial charge in [0.1, 0.15) is 0 Å². The number of hydrogen-bond donors (Lipinski definition) is 2. The van der Waals surface area contributed by atoms with Crippen LogP contribution in [-0.2, 0) is 4.79 Å². The molecule has 11 nitrogen and oxygen atoms in total. The number of rotatable bonds is 8. The molecule has 0 atom stereocenters. The van der Waals surface area contributed by atoms with Crippen molar-refractivity contribution in [2.24, 2.45) is 10.2 Å². The molecule has 0 bridgehead atoms. The van der Waals surface area contributed by atoms with Gasteiger partial charge in [0.15, 0.2) is 0 Å². The summed E-state index contributed by atoms with van der Waals surface area (Å²) in [5.74, 6) is -0.833. The zero-order valence-electron chi connectivity index (χ0n) is 17.1. The van der Waals surface area contributed by atoms with Crippen molar-refractivity contribution in [3.05, 3.63) is 52.6 Å². The normalized spacial score (nSPS) is 10.4. The molecule has 0 fully saturated rings. The quantitative estimate of drug-likeness (QED) is 0.285. The molecule has 32 heavy (non-hydrogen) atoms. The fourth-order valence-corrected chi connectivity index (χ4v) is 3.38. The number of non-ortho nitro benzene ring substituents is 1. The highest BCUT2D eigenvalue weighted by Gasteiger charge is 2.10. The van der Waals surface area contributed by atoms with Gasteiger partial charge >= 0.3 is 0 Å². The minimum Gasteiger partial charge on any atom is -0.481 e. The first-order valence-corrected chi connectivity index (χ1v) is 10.1. The number of azo groups is 1. The third-order valence-electron chi connectivity index (χ3n) is 3.90. The molecule has 0 unspecified atom stereocenters. The van der Waals surface area contributed by atoms with Crippen LogP contribution >= 0.6 is 11.3 Å². The average Bonchev–Trinajstić information content (AvgIpc) is 3.17. The van der Waals surface area contributed by atoms with Crippen molar-refractivity contribution < 1.29 is 19.9 Å². The Morgan fingerprint density at radius 2 is 1.94 bits per heavy atom. The predicted octanol–water partition coefficient (Wildman–Crippen LogP) is 4.42. The van der Waals surface area contributed by atoms with Crippen LogP contribution in [0.3, 0.4) is 0 Å². The Kier molecular flexibility index (Phi) is 9.15. The molecule has 2 N–H and O–H groups in total. The Morgan fingerprint density at radius 3 is 2.53 bits per heavy atom. The average molecular weight is 456 g/mol. The van der Waals surface area contributed by atoms with Crippen molar-refractivity contribution in [2.75, 3.05) is 24.6 Å². The number of aliphatic hydroxyl groups is 1. The summed E-state index contributed by atoms with van der Waals surface area (Å²) in [6.45, 7) is 2.07. The van der Waals surface area contributed by atoms with Crippen LogP contribution in [-0.4, -0.2) is 45.8 Å². The number of nitro groups is 1. The van der Waals surface area contributed by atoms with Crippen molar-refractivity contribution in [3.8, 4) is 6.07 Å². The van der Waals surface area contributed by atoms with Crippen LogP contribution in [0, 0.1) is 21.4 Å². The van der Waals surface area contributed by atoms with Gasteiger partial charge < -0.3 is 15.1 Å². The predicted molar refractivity (Wildman–Crippen MR) is 120 cm³/mol. The molecular weight excluding hydrogens is 436 g/mol. The number of fused-ring (bicyclic) bond motifs is 1. The molecule has 166 valence electrons. The van der Waals surface area contributed by atoms with Gasteiger partial charge in [-0.3, -0.25) is 14.9 Å². The number of benzene rings is 2. The lowest BCUT2D eigenvalue weighted by atomic mass is 10.2. The largest absolute Gasteiger partial charge is 0.481 e. The van der Waals surface area contributed by atoms with Gasteiger partial charge in [0.05, 0.1) is 39.9 Å². The molecule has 0 saturated carbocycles. The molecule has 0 aliphatic heterocycles. The maximum absolute atomic E-state index is 10.9. The van der Waals surface area contributed by atoms with Crippen molar-refractivity contribution in [1.29, 1.82) is 5.26 Å². The van der Waals surface area contributed by atoms with Crippen LogP contribution in [0.4, 0.5) is 22.2 Å². The summed E-state index contributed by atoms with van der Waals surface area (Å²) in [4.78, 5) is 25.6. The van der Waals surface area contributed by atoms with Gasteiger partial charge in [0, 0.05) is 37.8 Å². The fourth-order valence-electron chi connectivity index (χ4n) is 2.56. The van der Waals surface area contributed by atoms with Crippen LogP contribution in [0.25, 0.3) is 10.2 Å². The smallest absolute Gasteiger partial charge is 0.300 e. The van der Waals surface area contributed by atoms with Crippen LogP contribution < -0.4 is 4.90 Å². The molecule has 0 spiro atoms. The zero-order valence-corrected chi connectivity index (χ0v) is 17.9. The SMILES string of the molecule is CC(=O)O.N#CCCN(CCO)c1ccc(N=Nc2nc3ccc([N+](=O)[O-])cc3s2)cc1. The van der Waals surface area contributed by atoms with Crippen LogP contribution in [0.1, 0.15) is 13.3 Å². The van der Waals surface area contributed by atoms with E-state index >= 15 is 0 Å². The Hall–Kier alpha value is -3.95. The van der Waals surface area contributed by atoms with Gasteiger partial charge in [0.2, 0.25) is 5.13 Å². The monoisotopic (exact) mass is 456 g/mol. The fraction of sp³-hybridized carbons (Fsp3) is 0.250. The Morgan fingerprint density at radius 1 is 1.25 bits per heavy atom. The van der Waals surface area contributed by atoms with E-state index in [9.17, 15) is 10.1 Å². The van der Waals surface area contributed by atoms with Gasteiger partial charge in [-0.15, -0.1) is 10.2 Å². The van der Waals surface area contributed by atoms with E-state index in [0.717, 1.165) is 12.6 Å². The maximum atomic E-state index is 10.9. The molecule has 0 aliphatic carbocycles. The van der Waals surface area contributed by atoms with Crippen molar-refractivity contribution >= 4 is 49.7 Å². The molecule has 1 aromatic heterocycles. The first-order valence-electron chi connectivity index (χ1n) is 9.33. The molecule has 1 heterocycles. The second kappa shape index (κ2) is 12.0. The summed E-state index contributed by atoms with van der Waals surface area (Å²) in [6.07, 6.45) is 0.372. The third kappa shape index (κ3) is 7.38. The lowest BCUT2D eigenvalue weighted by Gasteiger charge is -2.22. The Balaban J connectivity index is 0.000000837. The van der Waals surface area contributed by atoms with Gasteiger partial charge in [-0.05, 0) is 30.3 Å². The minimum absolute atomic E-state index is 0.00264. The van der Waals surface area contributed by atoms with E-state index in [0.29, 0.717) is 40.5 Å². The summed E-state index contributed by atoms with van der Waals surface area (Å²) < 4.78 is 0.677. The van der Waals surface area contributed by atoms with E-state index < -0.39 is 10.9 Å². The number of anilines is 1. The summed E-state index contributed by atoms with van der Waals surface area (Å²) in [5, 5.41) is 44.9. The number of aliphatic carboxylic acids is 1. The van der Waals surface area contributed by atoms with E-state index in [1.54, 1.807) is 18.2 Å². The van der Waals surface area contributed by atoms with E-state index in [1.807, 2.05) is 17.0 Å². The van der Waals surface area contributed by atoms with Gasteiger partial charge in [-0.2, -0.15) is 5.26 Å². The van der Waals surface area contributed by atoms with Gasteiger partial charge in [-0.25, -0.2) is 4.98 Å². The molecule has 2 aromatic carbocycles. The Bertz CT molecular complexity index is 1140. The van der Waals surface area contributed by atoms with Gasteiger partial charge in [-0.1, -0.05) is 11.3 Å².